The number of alkyl halides is 3. The smallest absolute Gasteiger partial charge is 0.405 e. The van der Waals surface area contributed by atoms with Crippen molar-refractivity contribution in [3.8, 4) is 5.75 Å². The van der Waals surface area contributed by atoms with Crippen LogP contribution in [-0.2, 0) is 11.3 Å². The van der Waals surface area contributed by atoms with E-state index in [-0.39, 0.29) is 17.7 Å². The summed E-state index contributed by atoms with van der Waals surface area (Å²) in [6.45, 7) is 4.29. The highest BCUT2D eigenvalue weighted by Gasteiger charge is 2.33. The first-order chi connectivity index (χ1) is 10.8. The Morgan fingerprint density at radius 1 is 1.30 bits per heavy atom. The summed E-state index contributed by atoms with van der Waals surface area (Å²) in [5.41, 5.74) is 0.459. The number of nitrogens with zero attached hydrogens (tertiary/aromatic N) is 1. The molecule has 2 rings (SSSR count). The maximum atomic E-state index is 12.4. The summed E-state index contributed by atoms with van der Waals surface area (Å²) in [5, 5.41) is 6.13. The van der Waals surface area contributed by atoms with Gasteiger partial charge in [0.15, 0.2) is 5.96 Å². The van der Waals surface area contributed by atoms with Crippen LogP contribution in [0.5, 0.6) is 5.75 Å². The van der Waals surface area contributed by atoms with Crippen molar-refractivity contribution in [2.24, 2.45) is 10.4 Å². The van der Waals surface area contributed by atoms with Crippen molar-refractivity contribution in [3.05, 3.63) is 29.8 Å². The van der Waals surface area contributed by atoms with E-state index in [4.69, 9.17) is 4.74 Å². The van der Waals surface area contributed by atoms with Gasteiger partial charge in [-0.2, -0.15) is 0 Å². The fourth-order valence-electron chi connectivity index (χ4n) is 2.12. The highest BCUT2D eigenvalue weighted by atomic mass is 19.4. The molecule has 0 amide bonds. The Balaban J connectivity index is 1.91. The number of para-hydroxylation sites is 1. The van der Waals surface area contributed by atoms with Gasteiger partial charge in [-0.1, -0.05) is 25.1 Å². The summed E-state index contributed by atoms with van der Waals surface area (Å²) in [4.78, 5) is 4.06. The largest absolute Gasteiger partial charge is 0.573 e. The van der Waals surface area contributed by atoms with Crippen LogP contribution in [0.3, 0.4) is 0 Å². The van der Waals surface area contributed by atoms with Crippen molar-refractivity contribution in [1.82, 2.24) is 10.6 Å². The second-order valence-electron chi connectivity index (χ2n) is 5.74. The van der Waals surface area contributed by atoms with Crippen LogP contribution < -0.4 is 15.4 Å². The second-order valence-corrected chi connectivity index (χ2v) is 5.74. The third kappa shape index (κ3) is 5.31. The Hall–Kier alpha value is -1.96. The number of ether oxygens (including phenoxy) is 2. The van der Waals surface area contributed by atoms with E-state index in [0.717, 1.165) is 0 Å². The van der Waals surface area contributed by atoms with Crippen LogP contribution in [0.1, 0.15) is 12.5 Å². The third-order valence-electron chi connectivity index (χ3n) is 3.45. The fourth-order valence-corrected chi connectivity index (χ4v) is 2.12. The summed E-state index contributed by atoms with van der Waals surface area (Å²) >= 11 is 0. The Morgan fingerprint density at radius 2 is 2.00 bits per heavy atom. The molecule has 8 heteroatoms. The van der Waals surface area contributed by atoms with Crippen LogP contribution in [-0.4, -0.2) is 39.1 Å². The Labute approximate surface area is 132 Å². The molecule has 1 aromatic carbocycles. The Kier molecular flexibility index (Phi) is 5.35. The molecule has 23 heavy (non-hydrogen) atoms. The first-order valence-electron chi connectivity index (χ1n) is 7.17. The molecule has 0 bridgehead atoms. The van der Waals surface area contributed by atoms with Gasteiger partial charge in [0.2, 0.25) is 0 Å². The van der Waals surface area contributed by atoms with Crippen molar-refractivity contribution in [1.29, 1.82) is 0 Å². The number of rotatable bonds is 5. The minimum Gasteiger partial charge on any atom is -0.405 e. The van der Waals surface area contributed by atoms with E-state index in [9.17, 15) is 13.2 Å². The quantitative estimate of drug-likeness (QED) is 0.642. The SMILES string of the molecule is CN=C(NCc1ccccc1OC(F)(F)F)NCC1(C)COC1. The summed E-state index contributed by atoms with van der Waals surface area (Å²) in [7, 11) is 1.60. The zero-order valence-corrected chi connectivity index (χ0v) is 13.0. The summed E-state index contributed by atoms with van der Waals surface area (Å²) in [6, 6.07) is 6.01. The van der Waals surface area contributed by atoms with Crippen LogP contribution in [0.2, 0.25) is 0 Å². The first-order valence-corrected chi connectivity index (χ1v) is 7.17. The number of hydrogen-bond donors (Lipinski definition) is 2. The first kappa shape index (κ1) is 17.4. The van der Waals surface area contributed by atoms with Crippen molar-refractivity contribution in [3.63, 3.8) is 0 Å². The number of guanidine groups is 1. The fraction of sp³-hybridized carbons (Fsp3) is 0.533. The van der Waals surface area contributed by atoms with Crippen molar-refractivity contribution >= 4 is 5.96 Å². The molecular weight excluding hydrogens is 311 g/mol. The molecule has 1 saturated heterocycles. The maximum Gasteiger partial charge on any atom is 0.573 e. The van der Waals surface area contributed by atoms with Crippen molar-refractivity contribution in [2.45, 2.75) is 19.8 Å². The molecule has 1 heterocycles. The van der Waals surface area contributed by atoms with E-state index in [2.05, 4.69) is 27.3 Å². The molecule has 128 valence electrons. The number of aliphatic imine (C=N–C) groups is 1. The number of hydrogen-bond acceptors (Lipinski definition) is 3. The summed E-state index contributed by atoms with van der Waals surface area (Å²) in [5.74, 6) is 0.294. The molecule has 0 atom stereocenters. The van der Waals surface area contributed by atoms with Gasteiger partial charge in [0.05, 0.1) is 13.2 Å². The lowest BCUT2D eigenvalue weighted by molar-refractivity contribution is -0.274. The van der Waals surface area contributed by atoms with Crippen LogP contribution in [0.25, 0.3) is 0 Å². The van der Waals surface area contributed by atoms with E-state index in [1.54, 1.807) is 19.2 Å². The topological polar surface area (TPSA) is 54.9 Å². The Morgan fingerprint density at radius 3 is 2.57 bits per heavy atom. The number of benzene rings is 1. The molecule has 0 aromatic heterocycles. The highest BCUT2D eigenvalue weighted by Crippen LogP contribution is 2.26. The van der Waals surface area contributed by atoms with Crippen LogP contribution in [0, 0.1) is 5.41 Å². The second kappa shape index (κ2) is 7.08. The van der Waals surface area contributed by atoms with E-state index in [1.165, 1.54) is 12.1 Å². The van der Waals surface area contributed by atoms with Crippen LogP contribution in [0.4, 0.5) is 13.2 Å². The van der Waals surface area contributed by atoms with Gasteiger partial charge in [-0.15, -0.1) is 13.2 Å². The zero-order valence-electron chi connectivity index (χ0n) is 13.0. The molecule has 1 aliphatic heterocycles. The average molecular weight is 331 g/mol. The molecule has 0 saturated carbocycles. The molecule has 1 fully saturated rings. The lowest BCUT2D eigenvalue weighted by atomic mass is 9.89. The molecule has 1 aromatic rings. The number of halogens is 3. The zero-order chi connectivity index (χ0) is 16.9. The monoisotopic (exact) mass is 331 g/mol. The third-order valence-corrected chi connectivity index (χ3v) is 3.45. The molecule has 1 aliphatic rings. The van der Waals surface area contributed by atoms with E-state index in [1.807, 2.05) is 0 Å². The van der Waals surface area contributed by atoms with Crippen LogP contribution >= 0.6 is 0 Å². The van der Waals surface area contributed by atoms with E-state index >= 15 is 0 Å². The molecule has 0 unspecified atom stereocenters. The lowest BCUT2D eigenvalue weighted by Gasteiger charge is -2.38. The van der Waals surface area contributed by atoms with Crippen molar-refractivity contribution in [2.75, 3.05) is 26.8 Å². The van der Waals surface area contributed by atoms with Crippen LogP contribution in [0.15, 0.2) is 29.3 Å². The average Bonchev–Trinajstić information content (AvgIpc) is 2.45. The predicted octanol–water partition coefficient (Wildman–Crippen LogP) is 2.29. The standard InChI is InChI=1S/C15H20F3N3O2/c1-14(9-22-10-14)8-21-13(19-2)20-7-11-5-3-4-6-12(11)23-15(16,17)18/h3-6H,7-10H2,1-2H3,(H2,19,20,21). The lowest BCUT2D eigenvalue weighted by Crippen LogP contribution is -2.50. The van der Waals surface area contributed by atoms with Gasteiger partial charge in [0.1, 0.15) is 5.75 Å². The molecule has 5 nitrogen and oxygen atoms in total. The molecular formula is C15H20F3N3O2. The molecule has 0 spiro atoms. The van der Waals surface area contributed by atoms with Gasteiger partial charge < -0.3 is 20.1 Å². The van der Waals surface area contributed by atoms with E-state index in [0.29, 0.717) is 31.3 Å². The molecule has 2 N–H and O–H groups in total. The van der Waals surface area contributed by atoms with E-state index < -0.39 is 6.36 Å². The van der Waals surface area contributed by atoms with Gasteiger partial charge >= 0.3 is 6.36 Å². The van der Waals surface area contributed by atoms with Crippen molar-refractivity contribution < 1.29 is 22.6 Å². The highest BCUT2D eigenvalue weighted by molar-refractivity contribution is 5.79. The minimum absolute atomic E-state index is 0.0644. The minimum atomic E-state index is -4.71. The van der Waals surface area contributed by atoms with Gasteiger partial charge in [0.25, 0.3) is 0 Å². The summed E-state index contributed by atoms with van der Waals surface area (Å²) < 4.78 is 46.4. The summed E-state index contributed by atoms with van der Waals surface area (Å²) in [6.07, 6.45) is -4.71. The number of nitrogens with one attached hydrogen (secondary N) is 2. The van der Waals surface area contributed by atoms with Gasteiger partial charge in [-0.05, 0) is 6.07 Å². The molecule has 0 radical (unpaired) electrons. The van der Waals surface area contributed by atoms with Gasteiger partial charge in [0, 0.05) is 31.1 Å². The maximum absolute atomic E-state index is 12.4. The van der Waals surface area contributed by atoms with Gasteiger partial charge in [-0.25, -0.2) is 0 Å². The Bertz CT molecular complexity index is 557. The van der Waals surface area contributed by atoms with Gasteiger partial charge in [-0.3, -0.25) is 4.99 Å². The molecule has 0 aliphatic carbocycles. The normalized spacial score (nSPS) is 17.3. The predicted molar refractivity (Wildman–Crippen MR) is 80.3 cm³/mol.